The standard InChI is InChI=1S/C25H22N2O5/c1-16-3-4-17(2)21(11-16)31-24-9-5-18(14-27-24)13-26-23(28)15-30-20-8-6-19-7-10-25(29)32-22(19)12-20/h3-12,14H,13,15H2,1-2H3,(H,26,28). The van der Waals surface area contributed by atoms with E-state index in [9.17, 15) is 9.59 Å². The van der Waals surface area contributed by atoms with Gasteiger partial charge in [-0.05, 0) is 54.8 Å². The second-order valence-electron chi connectivity index (χ2n) is 7.40. The summed E-state index contributed by atoms with van der Waals surface area (Å²) >= 11 is 0. The first kappa shape index (κ1) is 21.1. The molecule has 7 nitrogen and oxygen atoms in total. The summed E-state index contributed by atoms with van der Waals surface area (Å²) in [7, 11) is 0. The molecule has 2 heterocycles. The van der Waals surface area contributed by atoms with Crippen molar-refractivity contribution >= 4 is 16.9 Å². The van der Waals surface area contributed by atoms with Crippen LogP contribution in [0.1, 0.15) is 16.7 Å². The number of nitrogens with one attached hydrogen (secondary N) is 1. The Morgan fingerprint density at radius 2 is 1.88 bits per heavy atom. The van der Waals surface area contributed by atoms with Crippen LogP contribution in [0.2, 0.25) is 0 Å². The molecule has 0 fully saturated rings. The lowest BCUT2D eigenvalue weighted by atomic mass is 10.1. The quantitative estimate of drug-likeness (QED) is 0.440. The minimum absolute atomic E-state index is 0.163. The molecule has 1 N–H and O–H groups in total. The maximum atomic E-state index is 12.1. The number of pyridine rings is 1. The number of fused-ring (bicyclic) bond motifs is 1. The van der Waals surface area contributed by atoms with Crippen molar-refractivity contribution in [2.45, 2.75) is 20.4 Å². The van der Waals surface area contributed by atoms with Crippen molar-refractivity contribution in [3.8, 4) is 17.4 Å². The van der Waals surface area contributed by atoms with Crippen LogP contribution in [0.5, 0.6) is 17.4 Å². The SMILES string of the molecule is Cc1ccc(C)c(Oc2ccc(CNC(=O)COc3ccc4ccc(=O)oc4c3)cn2)c1. The monoisotopic (exact) mass is 430 g/mol. The first-order chi connectivity index (χ1) is 15.5. The average molecular weight is 430 g/mol. The van der Waals surface area contributed by atoms with Crippen LogP contribution in [-0.4, -0.2) is 17.5 Å². The van der Waals surface area contributed by atoms with Gasteiger partial charge in [0.2, 0.25) is 5.88 Å². The third-order valence-corrected chi connectivity index (χ3v) is 4.81. The van der Waals surface area contributed by atoms with Gasteiger partial charge in [-0.3, -0.25) is 4.79 Å². The number of carbonyl (C=O) groups is 1. The Morgan fingerprint density at radius 3 is 2.69 bits per heavy atom. The molecule has 0 unspecified atom stereocenters. The fourth-order valence-corrected chi connectivity index (χ4v) is 3.04. The molecular formula is C25H22N2O5. The number of hydrogen-bond acceptors (Lipinski definition) is 6. The van der Waals surface area contributed by atoms with Crippen LogP contribution >= 0.6 is 0 Å². The number of carbonyl (C=O) groups excluding carboxylic acids is 1. The van der Waals surface area contributed by atoms with Crippen LogP contribution in [0.4, 0.5) is 0 Å². The topological polar surface area (TPSA) is 90.7 Å². The highest BCUT2D eigenvalue weighted by atomic mass is 16.5. The predicted octanol–water partition coefficient (Wildman–Crippen LogP) is 4.29. The van der Waals surface area contributed by atoms with E-state index in [-0.39, 0.29) is 12.5 Å². The lowest BCUT2D eigenvalue weighted by Crippen LogP contribution is -2.28. The molecule has 4 rings (SSSR count). The summed E-state index contributed by atoms with van der Waals surface area (Å²) in [4.78, 5) is 27.8. The molecule has 0 saturated carbocycles. The van der Waals surface area contributed by atoms with E-state index in [2.05, 4.69) is 10.3 Å². The van der Waals surface area contributed by atoms with Crippen LogP contribution in [0.25, 0.3) is 11.0 Å². The van der Waals surface area contributed by atoms with Crippen LogP contribution in [0.3, 0.4) is 0 Å². The fourth-order valence-electron chi connectivity index (χ4n) is 3.04. The van der Waals surface area contributed by atoms with Gasteiger partial charge in [-0.25, -0.2) is 9.78 Å². The molecule has 162 valence electrons. The molecule has 1 amide bonds. The van der Waals surface area contributed by atoms with Crippen molar-refractivity contribution in [1.82, 2.24) is 10.3 Å². The molecule has 0 radical (unpaired) electrons. The Balaban J connectivity index is 1.28. The second-order valence-corrected chi connectivity index (χ2v) is 7.40. The van der Waals surface area contributed by atoms with E-state index < -0.39 is 5.63 Å². The van der Waals surface area contributed by atoms with E-state index in [0.29, 0.717) is 23.8 Å². The van der Waals surface area contributed by atoms with Crippen LogP contribution in [-0.2, 0) is 11.3 Å². The summed E-state index contributed by atoms with van der Waals surface area (Å²) in [6.07, 6.45) is 1.66. The van der Waals surface area contributed by atoms with Crippen molar-refractivity contribution in [2.75, 3.05) is 6.61 Å². The molecular weight excluding hydrogens is 408 g/mol. The van der Waals surface area contributed by atoms with E-state index in [0.717, 1.165) is 27.8 Å². The minimum atomic E-state index is -0.438. The van der Waals surface area contributed by atoms with Gasteiger partial charge in [0.1, 0.15) is 17.1 Å². The summed E-state index contributed by atoms with van der Waals surface area (Å²) in [6, 6.07) is 17.7. The van der Waals surface area contributed by atoms with E-state index in [1.165, 1.54) is 6.07 Å². The van der Waals surface area contributed by atoms with Crippen LogP contribution < -0.4 is 20.4 Å². The molecule has 7 heteroatoms. The number of rotatable bonds is 7. The van der Waals surface area contributed by atoms with Gasteiger partial charge >= 0.3 is 5.63 Å². The number of benzene rings is 2. The molecule has 2 aromatic carbocycles. The van der Waals surface area contributed by atoms with E-state index in [1.54, 1.807) is 36.5 Å². The molecule has 32 heavy (non-hydrogen) atoms. The Labute approximate surface area is 184 Å². The third-order valence-electron chi connectivity index (χ3n) is 4.81. The summed E-state index contributed by atoms with van der Waals surface area (Å²) in [5, 5.41) is 3.56. The number of hydrogen-bond donors (Lipinski definition) is 1. The molecule has 0 aliphatic carbocycles. The average Bonchev–Trinajstić information content (AvgIpc) is 2.79. The number of amides is 1. The zero-order valence-electron chi connectivity index (χ0n) is 17.8. The number of aromatic nitrogens is 1. The fraction of sp³-hybridized carbons (Fsp3) is 0.160. The maximum absolute atomic E-state index is 12.1. The molecule has 0 spiro atoms. The smallest absolute Gasteiger partial charge is 0.336 e. The predicted molar refractivity (Wildman–Crippen MR) is 120 cm³/mol. The molecule has 0 saturated heterocycles. The lowest BCUT2D eigenvalue weighted by molar-refractivity contribution is -0.123. The number of aryl methyl sites for hydroxylation is 2. The Morgan fingerprint density at radius 1 is 1.03 bits per heavy atom. The lowest BCUT2D eigenvalue weighted by Gasteiger charge is -2.10. The maximum Gasteiger partial charge on any atom is 0.336 e. The highest BCUT2D eigenvalue weighted by Gasteiger charge is 2.07. The summed E-state index contributed by atoms with van der Waals surface area (Å²) in [5.74, 6) is 1.41. The number of ether oxygens (including phenoxy) is 2. The van der Waals surface area contributed by atoms with Gasteiger partial charge in [0.25, 0.3) is 5.91 Å². The van der Waals surface area contributed by atoms with Crippen LogP contribution in [0.15, 0.2) is 76.1 Å². The summed E-state index contributed by atoms with van der Waals surface area (Å²) < 4.78 is 16.5. The van der Waals surface area contributed by atoms with Gasteiger partial charge < -0.3 is 19.2 Å². The molecule has 4 aromatic rings. The normalized spacial score (nSPS) is 10.7. The molecule has 0 atom stereocenters. The molecule has 2 aromatic heterocycles. The van der Waals surface area contributed by atoms with E-state index in [1.807, 2.05) is 38.1 Å². The number of nitrogens with zero attached hydrogens (tertiary/aromatic N) is 1. The Bertz CT molecular complexity index is 1310. The van der Waals surface area contributed by atoms with E-state index >= 15 is 0 Å². The van der Waals surface area contributed by atoms with Crippen molar-refractivity contribution in [1.29, 1.82) is 0 Å². The molecule has 0 bridgehead atoms. The van der Waals surface area contributed by atoms with Crippen LogP contribution in [0, 0.1) is 13.8 Å². The van der Waals surface area contributed by atoms with Crippen molar-refractivity contribution in [3.63, 3.8) is 0 Å². The van der Waals surface area contributed by atoms with Gasteiger partial charge in [-0.1, -0.05) is 18.2 Å². The highest BCUT2D eigenvalue weighted by molar-refractivity contribution is 5.79. The third kappa shape index (κ3) is 5.31. The first-order valence-electron chi connectivity index (χ1n) is 10.1. The van der Waals surface area contributed by atoms with Gasteiger partial charge in [-0.15, -0.1) is 0 Å². The van der Waals surface area contributed by atoms with Crippen molar-refractivity contribution in [2.24, 2.45) is 0 Å². The second kappa shape index (κ2) is 9.34. The van der Waals surface area contributed by atoms with Gasteiger partial charge in [0.05, 0.1) is 0 Å². The Kier molecular flexibility index (Phi) is 6.17. The Hall–Kier alpha value is -4.13. The zero-order chi connectivity index (χ0) is 22.5. The van der Waals surface area contributed by atoms with Gasteiger partial charge in [0.15, 0.2) is 6.61 Å². The zero-order valence-corrected chi connectivity index (χ0v) is 17.8. The molecule has 0 aliphatic rings. The minimum Gasteiger partial charge on any atom is -0.484 e. The van der Waals surface area contributed by atoms with Gasteiger partial charge in [-0.2, -0.15) is 0 Å². The van der Waals surface area contributed by atoms with Crippen molar-refractivity contribution in [3.05, 3.63) is 94.0 Å². The first-order valence-corrected chi connectivity index (χ1v) is 10.1. The highest BCUT2D eigenvalue weighted by Crippen LogP contribution is 2.24. The van der Waals surface area contributed by atoms with E-state index in [4.69, 9.17) is 13.9 Å². The van der Waals surface area contributed by atoms with Crippen molar-refractivity contribution < 1.29 is 18.7 Å². The largest absolute Gasteiger partial charge is 0.484 e. The molecule has 0 aliphatic heterocycles. The van der Waals surface area contributed by atoms with Gasteiger partial charge in [0, 0.05) is 36.3 Å². The summed E-state index contributed by atoms with van der Waals surface area (Å²) in [6.45, 7) is 4.14. The summed E-state index contributed by atoms with van der Waals surface area (Å²) in [5.41, 5.74) is 2.94.